The molecule has 1 N–H and O–H groups in total. The Morgan fingerprint density at radius 1 is 1.32 bits per heavy atom. The predicted octanol–water partition coefficient (Wildman–Crippen LogP) is 4.02. The Morgan fingerprint density at radius 3 is 3.00 bits per heavy atom. The fraction of sp³-hybridized carbons (Fsp3) is 0.471. The molecule has 2 aromatic rings. The van der Waals surface area contributed by atoms with Crippen molar-refractivity contribution in [3.8, 4) is 0 Å². The van der Waals surface area contributed by atoms with Gasteiger partial charge in [0.05, 0.1) is 5.60 Å². The molecule has 1 saturated carbocycles. The first-order valence-electron chi connectivity index (χ1n) is 7.28. The summed E-state index contributed by atoms with van der Waals surface area (Å²) in [4.78, 5) is 4.32. The van der Waals surface area contributed by atoms with Gasteiger partial charge in [-0.25, -0.2) is 0 Å². The van der Waals surface area contributed by atoms with Gasteiger partial charge in [-0.2, -0.15) is 0 Å². The Balaban J connectivity index is 2.07. The molecule has 1 aliphatic carbocycles. The quantitative estimate of drug-likeness (QED) is 0.879. The van der Waals surface area contributed by atoms with E-state index in [1.165, 1.54) is 6.42 Å². The van der Waals surface area contributed by atoms with E-state index in [0.29, 0.717) is 5.92 Å². The normalized spacial score (nSPS) is 27.6. The zero-order valence-corrected chi connectivity index (χ0v) is 11.5. The van der Waals surface area contributed by atoms with Crippen molar-refractivity contribution in [2.24, 2.45) is 5.92 Å². The molecule has 100 valence electrons. The molecule has 1 fully saturated rings. The van der Waals surface area contributed by atoms with E-state index in [2.05, 4.69) is 24.0 Å². The third-order valence-electron chi connectivity index (χ3n) is 4.58. The lowest BCUT2D eigenvalue weighted by atomic mass is 9.73. The minimum absolute atomic E-state index is 0.637. The van der Waals surface area contributed by atoms with Crippen molar-refractivity contribution in [2.45, 2.75) is 44.6 Å². The Hall–Kier alpha value is -1.41. The maximum Gasteiger partial charge on any atom is 0.0920 e. The van der Waals surface area contributed by atoms with Crippen molar-refractivity contribution < 1.29 is 5.11 Å². The number of hydrogen-bond acceptors (Lipinski definition) is 2. The molecule has 0 spiro atoms. The number of benzene rings is 1. The fourth-order valence-electron chi connectivity index (χ4n) is 3.45. The SMILES string of the molecule is CCC1CCCC(O)(c2cncc3ccccc23)C1. The largest absolute Gasteiger partial charge is 0.385 e. The maximum absolute atomic E-state index is 11.1. The Morgan fingerprint density at radius 2 is 2.16 bits per heavy atom. The third-order valence-corrected chi connectivity index (χ3v) is 4.58. The second-order valence-corrected chi connectivity index (χ2v) is 5.81. The van der Waals surface area contributed by atoms with Crippen LogP contribution >= 0.6 is 0 Å². The monoisotopic (exact) mass is 255 g/mol. The smallest absolute Gasteiger partial charge is 0.0920 e. The van der Waals surface area contributed by atoms with Gasteiger partial charge in [0.15, 0.2) is 0 Å². The van der Waals surface area contributed by atoms with Crippen LogP contribution in [-0.4, -0.2) is 10.1 Å². The molecule has 0 aliphatic heterocycles. The summed E-state index contributed by atoms with van der Waals surface area (Å²) in [6, 6.07) is 8.22. The van der Waals surface area contributed by atoms with Gasteiger partial charge < -0.3 is 5.11 Å². The molecule has 0 bridgehead atoms. The second kappa shape index (κ2) is 4.93. The van der Waals surface area contributed by atoms with E-state index in [1.54, 1.807) is 0 Å². The highest BCUT2D eigenvalue weighted by Gasteiger charge is 2.36. The van der Waals surface area contributed by atoms with Crippen molar-refractivity contribution in [1.82, 2.24) is 4.98 Å². The molecule has 2 nitrogen and oxygen atoms in total. The average molecular weight is 255 g/mol. The highest BCUT2D eigenvalue weighted by Crippen LogP contribution is 2.42. The molecular formula is C17H21NO. The van der Waals surface area contributed by atoms with Crippen molar-refractivity contribution in [3.05, 3.63) is 42.2 Å². The number of aromatic nitrogens is 1. The highest BCUT2D eigenvalue weighted by atomic mass is 16.3. The van der Waals surface area contributed by atoms with Gasteiger partial charge in [0, 0.05) is 23.3 Å². The van der Waals surface area contributed by atoms with Crippen molar-refractivity contribution in [1.29, 1.82) is 0 Å². The van der Waals surface area contributed by atoms with Crippen LogP contribution in [0.4, 0.5) is 0 Å². The zero-order valence-electron chi connectivity index (χ0n) is 11.5. The van der Waals surface area contributed by atoms with E-state index < -0.39 is 5.60 Å². The molecular weight excluding hydrogens is 234 g/mol. The van der Waals surface area contributed by atoms with Crippen molar-refractivity contribution in [2.75, 3.05) is 0 Å². The summed E-state index contributed by atoms with van der Waals surface area (Å²) < 4.78 is 0. The van der Waals surface area contributed by atoms with E-state index in [9.17, 15) is 5.11 Å². The van der Waals surface area contributed by atoms with Crippen LogP contribution in [0.1, 0.15) is 44.6 Å². The van der Waals surface area contributed by atoms with E-state index in [0.717, 1.165) is 42.0 Å². The van der Waals surface area contributed by atoms with Gasteiger partial charge in [-0.15, -0.1) is 0 Å². The maximum atomic E-state index is 11.1. The number of hydrogen-bond donors (Lipinski definition) is 1. The summed E-state index contributed by atoms with van der Waals surface area (Å²) in [5.41, 5.74) is 0.330. The molecule has 2 unspecified atom stereocenters. The molecule has 2 atom stereocenters. The molecule has 3 rings (SSSR count). The Bertz CT molecular complexity index is 575. The number of rotatable bonds is 2. The molecule has 0 amide bonds. The highest BCUT2D eigenvalue weighted by molar-refractivity contribution is 5.85. The van der Waals surface area contributed by atoms with Crippen LogP contribution < -0.4 is 0 Å². The van der Waals surface area contributed by atoms with Gasteiger partial charge in [-0.3, -0.25) is 4.98 Å². The molecule has 0 radical (unpaired) electrons. The topological polar surface area (TPSA) is 33.1 Å². The minimum atomic E-state index is -0.688. The lowest BCUT2D eigenvalue weighted by molar-refractivity contribution is -0.0206. The van der Waals surface area contributed by atoms with Gasteiger partial charge in [-0.05, 0) is 30.6 Å². The van der Waals surface area contributed by atoms with Gasteiger partial charge in [0.2, 0.25) is 0 Å². The first kappa shape index (κ1) is 12.6. The lowest BCUT2D eigenvalue weighted by Gasteiger charge is -2.37. The molecule has 1 aromatic carbocycles. The molecule has 1 heterocycles. The zero-order chi connectivity index (χ0) is 13.3. The van der Waals surface area contributed by atoms with Crippen LogP contribution in [0, 0.1) is 5.92 Å². The standard InChI is InChI=1S/C17H21NO/c1-2-13-6-5-9-17(19,10-13)16-12-18-11-14-7-3-4-8-15(14)16/h3-4,7-8,11-13,19H,2,5-6,9-10H2,1H3. The summed E-state index contributed by atoms with van der Waals surface area (Å²) in [7, 11) is 0. The molecule has 19 heavy (non-hydrogen) atoms. The van der Waals surface area contributed by atoms with Gasteiger partial charge in [0.1, 0.15) is 0 Å². The van der Waals surface area contributed by atoms with Gasteiger partial charge in [0.25, 0.3) is 0 Å². The number of pyridine rings is 1. The van der Waals surface area contributed by atoms with Crippen LogP contribution in [0.5, 0.6) is 0 Å². The summed E-state index contributed by atoms with van der Waals surface area (Å²) in [6.07, 6.45) is 8.98. The fourth-order valence-corrected chi connectivity index (χ4v) is 3.45. The predicted molar refractivity (Wildman–Crippen MR) is 77.9 cm³/mol. The number of nitrogens with zero attached hydrogens (tertiary/aromatic N) is 1. The van der Waals surface area contributed by atoms with Crippen molar-refractivity contribution in [3.63, 3.8) is 0 Å². The summed E-state index contributed by atoms with van der Waals surface area (Å²) in [6.45, 7) is 2.22. The van der Waals surface area contributed by atoms with Gasteiger partial charge >= 0.3 is 0 Å². The molecule has 2 heteroatoms. The summed E-state index contributed by atoms with van der Waals surface area (Å²) >= 11 is 0. The van der Waals surface area contributed by atoms with Gasteiger partial charge in [-0.1, -0.05) is 44.0 Å². The Kier molecular flexibility index (Phi) is 3.28. The van der Waals surface area contributed by atoms with E-state index >= 15 is 0 Å². The second-order valence-electron chi connectivity index (χ2n) is 5.81. The molecule has 1 aliphatic rings. The Labute approximate surface area is 114 Å². The van der Waals surface area contributed by atoms with Crippen LogP contribution in [0.15, 0.2) is 36.7 Å². The summed E-state index contributed by atoms with van der Waals surface area (Å²) in [5.74, 6) is 0.637. The summed E-state index contributed by atoms with van der Waals surface area (Å²) in [5, 5.41) is 13.4. The van der Waals surface area contributed by atoms with Crippen LogP contribution in [0.25, 0.3) is 10.8 Å². The first-order chi connectivity index (χ1) is 9.23. The number of aliphatic hydroxyl groups is 1. The van der Waals surface area contributed by atoms with Crippen LogP contribution in [0.2, 0.25) is 0 Å². The first-order valence-corrected chi connectivity index (χ1v) is 7.28. The molecule has 0 saturated heterocycles. The average Bonchev–Trinajstić information content (AvgIpc) is 2.46. The van der Waals surface area contributed by atoms with Crippen LogP contribution in [0.3, 0.4) is 0 Å². The van der Waals surface area contributed by atoms with Crippen LogP contribution in [-0.2, 0) is 5.60 Å². The van der Waals surface area contributed by atoms with E-state index in [1.807, 2.05) is 24.5 Å². The number of fused-ring (bicyclic) bond motifs is 1. The minimum Gasteiger partial charge on any atom is -0.385 e. The van der Waals surface area contributed by atoms with E-state index in [-0.39, 0.29) is 0 Å². The third kappa shape index (κ3) is 2.25. The van der Waals surface area contributed by atoms with Crippen molar-refractivity contribution >= 4 is 10.8 Å². The molecule has 1 aromatic heterocycles. The lowest BCUT2D eigenvalue weighted by Crippen LogP contribution is -2.32. The van der Waals surface area contributed by atoms with E-state index in [4.69, 9.17) is 0 Å².